The van der Waals surface area contributed by atoms with Crippen molar-refractivity contribution in [3.63, 3.8) is 0 Å². The van der Waals surface area contributed by atoms with Crippen molar-refractivity contribution in [2.75, 3.05) is 12.3 Å². The van der Waals surface area contributed by atoms with Crippen molar-refractivity contribution in [1.82, 2.24) is 14.9 Å². The van der Waals surface area contributed by atoms with Crippen LogP contribution in [0, 0.1) is 5.92 Å². The molecule has 0 aromatic carbocycles. The largest absolute Gasteiger partial charge is 0.355 e. The third kappa shape index (κ3) is 4.57. The molecule has 0 saturated heterocycles. The van der Waals surface area contributed by atoms with Gasteiger partial charge in [0.1, 0.15) is 4.83 Å². The molecule has 5 nitrogen and oxygen atoms in total. The van der Waals surface area contributed by atoms with Crippen LogP contribution < -0.4 is 10.9 Å². The minimum absolute atomic E-state index is 0.0120. The second-order valence-electron chi connectivity index (χ2n) is 7.31. The SMILES string of the molecule is CCCC[C@H](CC)CNC(=O)CSc1nc2sc3c(c2c(=O)n1C)CCC3. The van der Waals surface area contributed by atoms with Gasteiger partial charge in [-0.2, -0.15) is 0 Å². The number of thiophene rings is 1. The fourth-order valence-corrected chi connectivity index (χ4v) is 5.72. The topological polar surface area (TPSA) is 64.0 Å². The van der Waals surface area contributed by atoms with Gasteiger partial charge in [-0.3, -0.25) is 14.2 Å². The van der Waals surface area contributed by atoms with Gasteiger partial charge in [-0.05, 0) is 37.2 Å². The van der Waals surface area contributed by atoms with E-state index in [1.165, 1.54) is 35.0 Å². The summed E-state index contributed by atoms with van der Waals surface area (Å²) >= 11 is 2.99. The first-order valence-corrected chi connectivity index (χ1v) is 11.8. The van der Waals surface area contributed by atoms with Gasteiger partial charge in [-0.15, -0.1) is 11.3 Å². The maximum absolute atomic E-state index is 12.8. The normalized spacial score (nSPS) is 14.5. The van der Waals surface area contributed by atoms with E-state index in [4.69, 9.17) is 0 Å². The number of aryl methyl sites for hydroxylation is 2. The summed E-state index contributed by atoms with van der Waals surface area (Å²) in [5, 5.41) is 4.47. The van der Waals surface area contributed by atoms with Crippen molar-refractivity contribution < 1.29 is 4.79 Å². The lowest BCUT2D eigenvalue weighted by Crippen LogP contribution is -2.31. The third-order valence-electron chi connectivity index (χ3n) is 5.37. The molecule has 1 N–H and O–H groups in total. The van der Waals surface area contributed by atoms with Crippen LogP contribution in [0.4, 0.5) is 0 Å². The second kappa shape index (κ2) is 9.24. The predicted octanol–water partition coefficient (Wildman–Crippen LogP) is 3.91. The van der Waals surface area contributed by atoms with E-state index in [-0.39, 0.29) is 11.5 Å². The van der Waals surface area contributed by atoms with Crippen molar-refractivity contribution in [3.8, 4) is 0 Å². The number of rotatable bonds is 9. The summed E-state index contributed by atoms with van der Waals surface area (Å²) in [6, 6.07) is 0. The number of unbranched alkanes of at least 4 members (excludes halogenated alkanes) is 1. The molecule has 0 aliphatic heterocycles. The fourth-order valence-electron chi connectivity index (χ4n) is 3.62. The highest BCUT2D eigenvalue weighted by Gasteiger charge is 2.22. The monoisotopic (exact) mass is 407 g/mol. The molecule has 148 valence electrons. The van der Waals surface area contributed by atoms with E-state index in [9.17, 15) is 9.59 Å². The number of nitrogens with zero attached hydrogens (tertiary/aromatic N) is 2. The Bertz CT molecular complexity index is 872. The number of nitrogens with one attached hydrogen (secondary N) is 1. The van der Waals surface area contributed by atoms with Crippen LogP contribution in [-0.4, -0.2) is 27.8 Å². The lowest BCUT2D eigenvalue weighted by Gasteiger charge is -2.15. The van der Waals surface area contributed by atoms with Crippen LogP contribution in [0.1, 0.15) is 56.4 Å². The standard InChI is InChI=1S/C20H29N3O2S2/c1-4-6-8-13(5-2)11-21-16(24)12-26-20-22-18-17(19(25)23(20)3)14-9-7-10-15(14)27-18/h13H,4-12H2,1-3H3,(H,21,24)/t13-/m0/s1. The predicted molar refractivity (Wildman–Crippen MR) is 114 cm³/mol. The number of carbonyl (C=O) groups is 1. The van der Waals surface area contributed by atoms with E-state index in [1.807, 2.05) is 0 Å². The molecule has 3 rings (SSSR count). The first-order chi connectivity index (χ1) is 13.0. The molecule has 0 unspecified atom stereocenters. The lowest BCUT2D eigenvalue weighted by molar-refractivity contribution is -0.118. The van der Waals surface area contributed by atoms with Gasteiger partial charge >= 0.3 is 0 Å². The van der Waals surface area contributed by atoms with Crippen molar-refractivity contribution in [2.45, 2.75) is 63.9 Å². The van der Waals surface area contributed by atoms with E-state index in [0.717, 1.165) is 48.9 Å². The number of thioether (sulfide) groups is 1. The number of fused-ring (bicyclic) bond motifs is 3. The molecule has 0 radical (unpaired) electrons. The summed E-state index contributed by atoms with van der Waals surface area (Å²) in [7, 11) is 1.76. The van der Waals surface area contributed by atoms with Gasteiger partial charge in [0.15, 0.2) is 5.16 Å². The number of hydrogen-bond acceptors (Lipinski definition) is 5. The molecule has 2 aromatic heterocycles. The van der Waals surface area contributed by atoms with E-state index >= 15 is 0 Å². The Morgan fingerprint density at radius 1 is 1.37 bits per heavy atom. The molecule has 0 fully saturated rings. The number of amides is 1. The lowest BCUT2D eigenvalue weighted by atomic mass is 9.99. The minimum atomic E-state index is 0.0120. The Kier molecular flexibility index (Phi) is 6.98. The molecule has 0 spiro atoms. The quantitative estimate of drug-likeness (QED) is 0.506. The van der Waals surface area contributed by atoms with E-state index < -0.39 is 0 Å². The highest BCUT2D eigenvalue weighted by atomic mass is 32.2. The maximum Gasteiger partial charge on any atom is 0.262 e. The molecule has 0 saturated carbocycles. The number of carbonyl (C=O) groups excluding carboxylic acids is 1. The summed E-state index contributed by atoms with van der Waals surface area (Å²) in [5.74, 6) is 0.852. The van der Waals surface area contributed by atoms with Gasteiger partial charge in [-0.25, -0.2) is 4.98 Å². The zero-order valence-corrected chi connectivity index (χ0v) is 18.1. The van der Waals surface area contributed by atoms with Crippen LogP contribution in [0.15, 0.2) is 9.95 Å². The molecular formula is C20H29N3O2S2. The highest BCUT2D eigenvalue weighted by molar-refractivity contribution is 7.99. The van der Waals surface area contributed by atoms with Crippen molar-refractivity contribution >= 4 is 39.2 Å². The van der Waals surface area contributed by atoms with Gasteiger partial charge in [0, 0.05) is 18.5 Å². The Morgan fingerprint density at radius 2 is 2.19 bits per heavy atom. The van der Waals surface area contributed by atoms with Crippen LogP contribution in [0.3, 0.4) is 0 Å². The summed E-state index contributed by atoms with van der Waals surface area (Å²) < 4.78 is 1.60. The first-order valence-electron chi connectivity index (χ1n) is 9.95. The Labute approximate surface area is 169 Å². The van der Waals surface area contributed by atoms with Gasteiger partial charge in [0.2, 0.25) is 5.91 Å². The van der Waals surface area contributed by atoms with Crippen molar-refractivity contribution in [2.24, 2.45) is 13.0 Å². The Morgan fingerprint density at radius 3 is 2.93 bits per heavy atom. The fraction of sp³-hybridized carbons (Fsp3) is 0.650. The molecule has 0 bridgehead atoms. The smallest absolute Gasteiger partial charge is 0.262 e. The maximum atomic E-state index is 12.8. The van der Waals surface area contributed by atoms with Gasteiger partial charge < -0.3 is 5.32 Å². The molecule has 2 heterocycles. The summed E-state index contributed by atoms with van der Waals surface area (Å²) in [6.45, 7) is 5.10. The summed E-state index contributed by atoms with van der Waals surface area (Å²) in [4.78, 5) is 31.9. The Balaban J connectivity index is 1.62. The highest BCUT2D eigenvalue weighted by Crippen LogP contribution is 2.35. The summed E-state index contributed by atoms with van der Waals surface area (Å²) in [5.41, 5.74) is 1.23. The van der Waals surface area contributed by atoms with Crippen molar-refractivity contribution in [3.05, 3.63) is 20.8 Å². The molecule has 27 heavy (non-hydrogen) atoms. The van der Waals surface area contributed by atoms with Crippen LogP contribution in [-0.2, 0) is 24.7 Å². The van der Waals surface area contributed by atoms with Crippen LogP contribution in [0.5, 0.6) is 0 Å². The molecule has 1 atom stereocenters. The van der Waals surface area contributed by atoms with E-state index in [1.54, 1.807) is 23.0 Å². The van der Waals surface area contributed by atoms with Crippen LogP contribution in [0.2, 0.25) is 0 Å². The van der Waals surface area contributed by atoms with E-state index in [2.05, 4.69) is 24.1 Å². The van der Waals surface area contributed by atoms with Crippen LogP contribution in [0.25, 0.3) is 10.2 Å². The van der Waals surface area contributed by atoms with Gasteiger partial charge in [0.05, 0.1) is 11.1 Å². The molecule has 1 aliphatic rings. The van der Waals surface area contributed by atoms with Crippen LogP contribution >= 0.6 is 23.1 Å². The third-order valence-corrected chi connectivity index (χ3v) is 7.58. The van der Waals surface area contributed by atoms with Gasteiger partial charge in [-0.1, -0.05) is 44.9 Å². The molecule has 1 aliphatic carbocycles. The Hall–Kier alpha value is -1.34. The molecule has 1 amide bonds. The number of aromatic nitrogens is 2. The molecule has 7 heteroatoms. The number of hydrogen-bond donors (Lipinski definition) is 1. The minimum Gasteiger partial charge on any atom is -0.355 e. The van der Waals surface area contributed by atoms with Gasteiger partial charge in [0.25, 0.3) is 5.56 Å². The average Bonchev–Trinajstić information content (AvgIpc) is 3.24. The zero-order valence-electron chi connectivity index (χ0n) is 16.5. The zero-order chi connectivity index (χ0) is 19.4. The second-order valence-corrected chi connectivity index (χ2v) is 9.33. The average molecular weight is 408 g/mol. The van der Waals surface area contributed by atoms with Crippen molar-refractivity contribution in [1.29, 1.82) is 0 Å². The summed E-state index contributed by atoms with van der Waals surface area (Å²) in [6.07, 6.45) is 7.82. The first kappa shape index (κ1) is 20.4. The van der Waals surface area contributed by atoms with E-state index in [0.29, 0.717) is 16.8 Å². The molecular weight excluding hydrogens is 378 g/mol. The molecule has 2 aromatic rings.